The highest BCUT2D eigenvalue weighted by Gasteiger charge is 2.31. The molecule has 2 rings (SSSR count). The Morgan fingerprint density at radius 2 is 1.77 bits per heavy atom. The number of aryl methyl sites for hydroxylation is 3. The number of benzene rings is 2. The first-order valence-corrected chi connectivity index (χ1v) is 13.1. The SMILES string of the molecule is CCC(C(=O)NCCSCc1ccccc1C)N(c1ccc(C)c(C)c1)S(C)(=O)=O. The highest BCUT2D eigenvalue weighted by atomic mass is 32.2. The molecule has 1 amide bonds. The van der Waals surface area contributed by atoms with Crippen LogP contribution in [0.15, 0.2) is 42.5 Å². The van der Waals surface area contributed by atoms with Gasteiger partial charge in [0.2, 0.25) is 15.9 Å². The van der Waals surface area contributed by atoms with Crippen LogP contribution < -0.4 is 9.62 Å². The molecule has 0 bridgehead atoms. The van der Waals surface area contributed by atoms with Crippen LogP contribution in [0.5, 0.6) is 0 Å². The highest BCUT2D eigenvalue weighted by molar-refractivity contribution is 7.98. The van der Waals surface area contributed by atoms with Crippen LogP contribution in [-0.4, -0.2) is 38.9 Å². The van der Waals surface area contributed by atoms with Gasteiger partial charge in [-0.3, -0.25) is 9.10 Å². The van der Waals surface area contributed by atoms with Gasteiger partial charge in [-0.1, -0.05) is 37.3 Å². The molecule has 7 heteroatoms. The van der Waals surface area contributed by atoms with Crippen molar-refractivity contribution in [3.05, 3.63) is 64.7 Å². The van der Waals surface area contributed by atoms with Crippen LogP contribution in [0, 0.1) is 20.8 Å². The summed E-state index contributed by atoms with van der Waals surface area (Å²) in [5.74, 6) is 1.38. The van der Waals surface area contributed by atoms with E-state index in [9.17, 15) is 13.2 Å². The fraction of sp³-hybridized carbons (Fsp3) is 0.435. The lowest BCUT2D eigenvalue weighted by Gasteiger charge is -2.30. The van der Waals surface area contributed by atoms with E-state index in [1.54, 1.807) is 17.8 Å². The first-order valence-electron chi connectivity index (χ1n) is 10.1. The lowest BCUT2D eigenvalue weighted by molar-refractivity contribution is -0.122. The van der Waals surface area contributed by atoms with Crippen LogP contribution >= 0.6 is 11.8 Å². The van der Waals surface area contributed by atoms with Crippen molar-refractivity contribution in [2.75, 3.05) is 22.9 Å². The predicted octanol–water partition coefficient (Wildman–Crippen LogP) is 4.21. The summed E-state index contributed by atoms with van der Waals surface area (Å²) < 4.78 is 26.3. The molecular formula is C23H32N2O3S2. The minimum absolute atomic E-state index is 0.266. The molecule has 2 aromatic carbocycles. The number of hydrogen-bond acceptors (Lipinski definition) is 4. The molecule has 0 spiro atoms. The number of nitrogens with zero attached hydrogens (tertiary/aromatic N) is 1. The van der Waals surface area contributed by atoms with Crippen molar-refractivity contribution in [1.82, 2.24) is 5.32 Å². The zero-order valence-electron chi connectivity index (χ0n) is 18.4. The fourth-order valence-electron chi connectivity index (χ4n) is 3.24. The van der Waals surface area contributed by atoms with E-state index in [4.69, 9.17) is 0 Å². The van der Waals surface area contributed by atoms with E-state index in [0.717, 1.165) is 28.9 Å². The second-order valence-corrected chi connectivity index (χ2v) is 10.5. The minimum atomic E-state index is -3.61. The first-order chi connectivity index (χ1) is 14.1. The van der Waals surface area contributed by atoms with Gasteiger partial charge in [0.1, 0.15) is 6.04 Å². The van der Waals surface area contributed by atoms with Crippen LogP contribution in [0.25, 0.3) is 0 Å². The lowest BCUT2D eigenvalue weighted by Crippen LogP contribution is -2.49. The molecular weight excluding hydrogens is 416 g/mol. The summed E-state index contributed by atoms with van der Waals surface area (Å²) in [6, 6.07) is 13.0. The van der Waals surface area contributed by atoms with E-state index in [-0.39, 0.29) is 5.91 Å². The van der Waals surface area contributed by atoms with Gasteiger partial charge in [0, 0.05) is 18.1 Å². The number of amides is 1. The molecule has 0 aliphatic rings. The number of sulfonamides is 1. The Bertz CT molecular complexity index is 974. The number of rotatable bonds is 10. The molecule has 0 aromatic heterocycles. The Balaban J connectivity index is 2.01. The van der Waals surface area contributed by atoms with E-state index in [0.29, 0.717) is 18.7 Å². The molecule has 0 saturated carbocycles. The standard InChI is InChI=1S/C23H32N2O3S2/c1-6-22(25(30(5,27)28)21-12-11-17(2)19(4)15-21)23(26)24-13-14-29-16-20-10-8-7-9-18(20)3/h7-12,15,22H,6,13-14,16H2,1-5H3,(H,24,26). The maximum atomic E-state index is 12.8. The summed E-state index contributed by atoms with van der Waals surface area (Å²) in [7, 11) is -3.61. The molecule has 0 saturated heterocycles. The number of anilines is 1. The van der Waals surface area contributed by atoms with Gasteiger partial charge in [0.25, 0.3) is 0 Å². The molecule has 30 heavy (non-hydrogen) atoms. The first kappa shape index (κ1) is 24.3. The summed E-state index contributed by atoms with van der Waals surface area (Å²) in [5.41, 5.74) is 5.14. The van der Waals surface area contributed by atoms with E-state index in [1.807, 2.05) is 45.0 Å². The van der Waals surface area contributed by atoms with Crippen LogP contribution in [0.1, 0.15) is 35.6 Å². The monoisotopic (exact) mass is 448 g/mol. The average Bonchev–Trinajstić information content (AvgIpc) is 2.68. The van der Waals surface area contributed by atoms with Crippen molar-refractivity contribution in [3.63, 3.8) is 0 Å². The molecule has 2 aromatic rings. The van der Waals surface area contributed by atoms with E-state index >= 15 is 0 Å². The molecule has 0 fully saturated rings. The summed E-state index contributed by atoms with van der Waals surface area (Å²) in [4.78, 5) is 12.8. The fourth-order valence-corrected chi connectivity index (χ4v) is 5.38. The Morgan fingerprint density at radius 1 is 1.07 bits per heavy atom. The van der Waals surface area contributed by atoms with Crippen molar-refractivity contribution in [1.29, 1.82) is 0 Å². The normalized spacial score (nSPS) is 12.4. The van der Waals surface area contributed by atoms with Gasteiger partial charge in [-0.2, -0.15) is 11.8 Å². The van der Waals surface area contributed by atoms with Gasteiger partial charge in [0.15, 0.2) is 0 Å². The largest absolute Gasteiger partial charge is 0.353 e. The molecule has 0 aliphatic heterocycles. The molecule has 164 valence electrons. The average molecular weight is 449 g/mol. The van der Waals surface area contributed by atoms with E-state index < -0.39 is 16.1 Å². The molecule has 1 atom stereocenters. The van der Waals surface area contributed by atoms with Crippen molar-refractivity contribution >= 4 is 33.4 Å². The van der Waals surface area contributed by atoms with Crippen LogP contribution in [0.3, 0.4) is 0 Å². The molecule has 0 heterocycles. The number of carbonyl (C=O) groups is 1. The molecule has 0 radical (unpaired) electrons. The zero-order chi connectivity index (χ0) is 22.3. The third-order valence-corrected chi connectivity index (χ3v) is 7.33. The third kappa shape index (κ3) is 6.51. The van der Waals surface area contributed by atoms with Crippen molar-refractivity contribution < 1.29 is 13.2 Å². The van der Waals surface area contributed by atoms with Crippen molar-refractivity contribution in [2.45, 2.75) is 45.9 Å². The van der Waals surface area contributed by atoms with Gasteiger partial charge >= 0.3 is 0 Å². The Morgan fingerprint density at radius 3 is 2.37 bits per heavy atom. The van der Waals surface area contributed by atoms with Crippen LogP contribution in [-0.2, 0) is 20.6 Å². The van der Waals surface area contributed by atoms with Gasteiger partial charge in [-0.15, -0.1) is 0 Å². The Hall–Kier alpha value is -1.99. The molecule has 5 nitrogen and oxygen atoms in total. The molecule has 1 N–H and O–H groups in total. The maximum absolute atomic E-state index is 12.8. The Labute approximate surface area is 185 Å². The topological polar surface area (TPSA) is 66.5 Å². The maximum Gasteiger partial charge on any atom is 0.243 e. The van der Waals surface area contributed by atoms with Gasteiger partial charge in [-0.05, 0) is 61.6 Å². The molecule has 1 unspecified atom stereocenters. The van der Waals surface area contributed by atoms with Crippen molar-refractivity contribution in [2.24, 2.45) is 0 Å². The number of nitrogens with one attached hydrogen (secondary N) is 1. The zero-order valence-corrected chi connectivity index (χ0v) is 20.1. The quantitative estimate of drug-likeness (QED) is 0.553. The van der Waals surface area contributed by atoms with Crippen LogP contribution in [0.4, 0.5) is 5.69 Å². The van der Waals surface area contributed by atoms with E-state index in [2.05, 4.69) is 24.4 Å². The Kier molecular flexibility index (Phi) is 8.79. The van der Waals surface area contributed by atoms with Crippen molar-refractivity contribution in [3.8, 4) is 0 Å². The second kappa shape index (κ2) is 10.9. The van der Waals surface area contributed by atoms with Crippen LogP contribution in [0.2, 0.25) is 0 Å². The minimum Gasteiger partial charge on any atom is -0.353 e. The third-order valence-electron chi connectivity index (χ3n) is 5.14. The predicted molar refractivity (Wildman–Crippen MR) is 128 cm³/mol. The summed E-state index contributed by atoms with van der Waals surface area (Å²) in [5, 5.41) is 2.92. The van der Waals surface area contributed by atoms with Gasteiger partial charge in [0.05, 0.1) is 11.9 Å². The smallest absolute Gasteiger partial charge is 0.243 e. The molecule has 0 aliphatic carbocycles. The number of carbonyl (C=O) groups excluding carboxylic acids is 1. The number of hydrogen-bond donors (Lipinski definition) is 1. The lowest BCUT2D eigenvalue weighted by atomic mass is 10.1. The second-order valence-electron chi connectivity index (χ2n) is 7.52. The summed E-state index contributed by atoms with van der Waals surface area (Å²) in [6.07, 6.45) is 1.54. The summed E-state index contributed by atoms with van der Waals surface area (Å²) >= 11 is 1.75. The van der Waals surface area contributed by atoms with Gasteiger partial charge in [-0.25, -0.2) is 8.42 Å². The number of thioether (sulfide) groups is 1. The van der Waals surface area contributed by atoms with E-state index in [1.165, 1.54) is 15.4 Å². The highest BCUT2D eigenvalue weighted by Crippen LogP contribution is 2.25. The van der Waals surface area contributed by atoms with Gasteiger partial charge < -0.3 is 5.32 Å². The summed E-state index contributed by atoms with van der Waals surface area (Å²) in [6.45, 7) is 8.33.